The third-order valence-corrected chi connectivity index (χ3v) is 5.24. The van der Waals surface area contributed by atoms with Crippen molar-refractivity contribution in [2.24, 2.45) is 11.8 Å². The van der Waals surface area contributed by atoms with Gasteiger partial charge in [0, 0.05) is 12.8 Å². The molecule has 0 spiro atoms. The monoisotopic (exact) mass is 258 g/mol. The van der Waals surface area contributed by atoms with Gasteiger partial charge in [-0.05, 0) is 51.8 Å². The molecule has 3 aliphatic rings. The SMILES string of the molecule is CC1(C)OB(C2C[C@@H]2C2CC(F)(F)C2)OC1(C)C. The number of hydrogen-bond donors (Lipinski definition) is 0. The topological polar surface area (TPSA) is 18.5 Å². The largest absolute Gasteiger partial charge is 0.461 e. The van der Waals surface area contributed by atoms with Gasteiger partial charge in [-0.1, -0.05) is 0 Å². The van der Waals surface area contributed by atoms with Crippen LogP contribution in [0.3, 0.4) is 0 Å². The molecular weight excluding hydrogens is 237 g/mol. The summed E-state index contributed by atoms with van der Waals surface area (Å²) < 4.78 is 37.7. The van der Waals surface area contributed by atoms with E-state index in [2.05, 4.69) is 0 Å². The van der Waals surface area contributed by atoms with E-state index in [9.17, 15) is 8.78 Å². The van der Waals surface area contributed by atoms with Gasteiger partial charge in [0.05, 0.1) is 11.2 Å². The van der Waals surface area contributed by atoms with Crippen molar-refractivity contribution in [3.8, 4) is 0 Å². The first-order chi connectivity index (χ1) is 8.11. The molecule has 0 aromatic heterocycles. The second kappa shape index (κ2) is 3.48. The highest BCUT2D eigenvalue weighted by Crippen LogP contribution is 2.62. The summed E-state index contributed by atoms with van der Waals surface area (Å²) >= 11 is 0. The minimum atomic E-state index is -2.41. The molecule has 0 aromatic rings. The predicted octanol–water partition coefficient (Wildman–Crippen LogP) is 3.51. The highest BCUT2D eigenvalue weighted by Gasteiger charge is 2.63. The number of hydrogen-bond acceptors (Lipinski definition) is 2. The Balaban J connectivity index is 1.57. The second-order valence-corrected chi connectivity index (χ2v) is 7.21. The maximum atomic E-state index is 12.9. The van der Waals surface area contributed by atoms with E-state index < -0.39 is 5.92 Å². The van der Waals surface area contributed by atoms with E-state index in [4.69, 9.17) is 9.31 Å². The first kappa shape index (κ1) is 12.9. The predicted molar refractivity (Wildman–Crippen MR) is 65.6 cm³/mol. The van der Waals surface area contributed by atoms with Crippen LogP contribution in [-0.2, 0) is 9.31 Å². The Morgan fingerprint density at radius 2 is 1.50 bits per heavy atom. The van der Waals surface area contributed by atoms with E-state index >= 15 is 0 Å². The van der Waals surface area contributed by atoms with Crippen LogP contribution in [0, 0.1) is 11.8 Å². The van der Waals surface area contributed by atoms with Gasteiger partial charge in [-0.15, -0.1) is 0 Å². The van der Waals surface area contributed by atoms with Crippen LogP contribution in [0.1, 0.15) is 47.0 Å². The summed E-state index contributed by atoms with van der Waals surface area (Å²) in [4.78, 5) is 0. The molecule has 1 saturated heterocycles. The summed E-state index contributed by atoms with van der Waals surface area (Å²) in [6.07, 6.45) is 1.11. The molecule has 1 heterocycles. The molecule has 2 saturated carbocycles. The van der Waals surface area contributed by atoms with E-state index in [0.717, 1.165) is 6.42 Å². The van der Waals surface area contributed by atoms with E-state index in [0.29, 0.717) is 11.7 Å². The van der Waals surface area contributed by atoms with Gasteiger partial charge < -0.3 is 9.31 Å². The number of rotatable bonds is 2. The van der Waals surface area contributed by atoms with E-state index in [-0.39, 0.29) is 37.1 Å². The normalized spacial score (nSPS) is 40.7. The van der Waals surface area contributed by atoms with E-state index in [1.165, 1.54) is 0 Å². The van der Waals surface area contributed by atoms with Gasteiger partial charge in [-0.2, -0.15) is 0 Å². The van der Waals surface area contributed by atoms with Crippen molar-refractivity contribution < 1.29 is 18.1 Å². The molecule has 0 bridgehead atoms. The molecule has 2 aliphatic carbocycles. The van der Waals surface area contributed by atoms with Crippen molar-refractivity contribution in [3.63, 3.8) is 0 Å². The van der Waals surface area contributed by atoms with Crippen molar-refractivity contribution in [3.05, 3.63) is 0 Å². The van der Waals surface area contributed by atoms with Crippen LogP contribution in [0.5, 0.6) is 0 Å². The van der Waals surface area contributed by atoms with Gasteiger partial charge in [0.2, 0.25) is 5.92 Å². The lowest BCUT2D eigenvalue weighted by Crippen LogP contribution is -2.41. The molecule has 0 N–H and O–H groups in total. The average Bonchev–Trinajstić information content (AvgIpc) is 2.86. The summed E-state index contributed by atoms with van der Waals surface area (Å²) in [5.74, 6) is -1.51. The molecule has 0 radical (unpaired) electrons. The Bertz CT molecular complexity index is 346. The lowest BCUT2D eigenvalue weighted by Gasteiger charge is -2.35. The number of halogens is 2. The standard InChI is InChI=1S/C13H21BF2O2/c1-11(2)12(3,4)18-14(17-11)10-5-9(10)8-6-13(15,16)7-8/h8-10H,5-7H2,1-4H3/t9-,10?/m1/s1. The van der Waals surface area contributed by atoms with Crippen LogP contribution in [0.15, 0.2) is 0 Å². The lowest BCUT2D eigenvalue weighted by atomic mass is 9.72. The Labute approximate surface area is 108 Å². The van der Waals surface area contributed by atoms with E-state index in [1.807, 2.05) is 27.7 Å². The van der Waals surface area contributed by atoms with Crippen LogP contribution in [0.25, 0.3) is 0 Å². The Kier molecular flexibility index (Phi) is 2.49. The van der Waals surface area contributed by atoms with Crippen molar-refractivity contribution >= 4 is 7.12 Å². The Morgan fingerprint density at radius 3 is 1.94 bits per heavy atom. The maximum absolute atomic E-state index is 12.9. The Hall–Kier alpha value is -0.155. The van der Waals surface area contributed by atoms with Crippen LogP contribution < -0.4 is 0 Å². The molecule has 1 aliphatic heterocycles. The summed E-state index contributed by atoms with van der Waals surface area (Å²) in [6, 6.07) is 0. The molecule has 3 rings (SSSR count). The molecule has 102 valence electrons. The van der Waals surface area contributed by atoms with Gasteiger partial charge >= 0.3 is 7.12 Å². The minimum absolute atomic E-state index is 0.0632. The smallest absolute Gasteiger partial charge is 0.403 e. The quantitative estimate of drug-likeness (QED) is 0.705. The van der Waals surface area contributed by atoms with Crippen LogP contribution >= 0.6 is 0 Å². The summed E-state index contributed by atoms with van der Waals surface area (Å²) in [5, 5.41) is 0. The Morgan fingerprint density at radius 1 is 1.00 bits per heavy atom. The van der Waals surface area contributed by atoms with Crippen molar-refractivity contribution in [2.75, 3.05) is 0 Å². The van der Waals surface area contributed by atoms with Gasteiger partial charge in [0.15, 0.2) is 0 Å². The van der Waals surface area contributed by atoms with Gasteiger partial charge in [0.1, 0.15) is 0 Å². The zero-order valence-corrected chi connectivity index (χ0v) is 11.5. The van der Waals surface area contributed by atoms with Crippen molar-refractivity contribution in [1.82, 2.24) is 0 Å². The van der Waals surface area contributed by atoms with Crippen molar-refractivity contribution in [1.29, 1.82) is 0 Å². The summed E-state index contributed by atoms with van der Waals surface area (Å²) in [6.45, 7) is 8.12. The molecule has 2 nitrogen and oxygen atoms in total. The van der Waals surface area contributed by atoms with Crippen LogP contribution in [0.2, 0.25) is 5.82 Å². The van der Waals surface area contributed by atoms with Crippen molar-refractivity contribution in [2.45, 2.75) is 69.9 Å². The lowest BCUT2D eigenvalue weighted by molar-refractivity contribution is -0.116. The van der Waals surface area contributed by atoms with E-state index in [1.54, 1.807) is 0 Å². The highest BCUT2D eigenvalue weighted by atomic mass is 19.3. The molecule has 3 fully saturated rings. The molecule has 0 aromatic carbocycles. The maximum Gasteiger partial charge on any atom is 0.461 e. The van der Waals surface area contributed by atoms with Crippen LogP contribution in [0.4, 0.5) is 8.78 Å². The number of alkyl halides is 2. The van der Waals surface area contributed by atoms with Crippen LogP contribution in [-0.4, -0.2) is 24.2 Å². The summed E-state index contributed by atoms with van der Waals surface area (Å²) in [7, 11) is -0.200. The molecule has 5 heteroatoms. The zero-order chi connectivity index (χ0) is 13.3. The fourth-order valence-electron chi connectivity index (χ4n) is 3.16. The first-order valence-corrected chi connectivity index (χ1v) is 6.85. The molecule has 2 atom stereocenters. The molecule has 1 unspecified atom stereocenters. The summed E-state index contributed by atoms with van der Waals surface area (Å²) in [5.41, 5.74) is -0.622. The minimum Gasteiger partial charge on any atom is -0.403 e. The fourth-order valence-corrected chi connectivity index (χ4v) is 3.16. The average molecular weight is 258 g/mol. The first-order valence-electron chi connectivity index (χ1n) is 6.85. The fraction of sp³-hybridized carbons (Fsp3) is 1.00. The third kappa shape index (κ3) is 1.90. The zero-order valence-electron chi connectivity index (χ0n) is 11.5. The highest BCUT2D eigenvalue weighted by molar-refractivity contribution is 6.48. The van der Waals surface area contributed by atoms with Gasteiger partial charge in [-0.25, -0.2) is 8.78 Å². The second-order valence-electron chi connectivity index (χ2n) is 7.21. The molecule has 18 heavy (non-hydrogen) atoms. The molecule has 0 amide bonds. The third-order valence-electron chi connectivity index (χ3n) is 5.24. The van der Waals surface area contributed by atoms with Gasteiger partial charge in [0.25, 0.3) is 0 Å². The van der Waals surface area contributed by atoms with Gasteiger partial charge in [-0.3, -0.25) is 0 Å². The molecular formula is C13H21BF2O2.